The van der Waals surface area contributed by atoms with Crippen LogP contribution in [0.5, 0.6) is 0 Å². The highest BCUT2D eigenvalue weighted by atomic mass is 35.5. The predicted octanol–water partition coefficient (Wildman–Crippen LogP) is 4.87. The molecule has 2 heterocycles. The summed E-state index contributed by atoms with van der Waals surface area (Å²) >= 11 is 7.23. The fraction of sp³-hybridized carbons (Fsp3) is 0.176. The summed E-state index contributed by atoms with van der Waals surface area (Å²) in [6.45, 7) is 4.36. The highest BCUT2D eigenvalue weighted by molar-refractivity contribution is 8.18. The molecule has 6 heteroatoms. The van der Waals surface area contributed by atoms with E-state index in [0.29, 0.717) is 27.4 Å². The normalized spacial score (nSPS) is 18.4. The molecule has 1 aliphatic rings. The Morgan fingerprint density at radius 3 is 2.61 bits per heavy atom. The van der Waals surface area contributed by atoms with Gasteiger partial charge in [0.1, 0.15) is 11.5 Å². The first-order valence-corrected chi connectivity index (χ1v) is 8.38. The highest BCUT2D eigenvalue weighted by Crippen LogP contribution is 2.34. The number of amides is 1. The highest BCUT2D eigenvalue weighted by Gasteiger charge is 2.32. The summed E-state index contributed by atoms with van der Waals surface area (Å²) in [5.41, 5.74) is 0.762. The standard InChI is InChI=1S/C17H15ClN2O2S/c1-3-20-16(21)15(10-14-9-4-11(2)22-14)23-17(20)19-13-7-5-12(18)6-8-13/h4-10H,3H2,1-2H3/b15-10+,19-17?. The molecular weight excluding hydrogens is 332 g/mol. The Balaban J connectivity index is 1.91. The smallest absolute Gasteiger partial charge is 0.266 e. The Bertz CT molecular complexity index is 793. The molecule has 0 radical (unpaired) electrons. The van der Waals surface area contributed by atoms with Crippen molar-refractivity contribution in [1.29, 1.82) is 0 Å². The fourth-order valence-corrected chi connectivity index (χ4v) is 3.33. The van der Waals surface area contributed by atoms with Crippen LogP contribution < -0.4 is 0 Å². The van der Waals surface area contributed by atoms with E-state index >= 15 is 0 Å². The van der Waals surface area contributed by atoms with Crippen molar-refractivity contribution in [2.24, 2.45) is 4.99 Å². The van der Waals surface area contributed by atoms with E-state index in [-0.39, 0.29) is 5.91 Å². The number of likely N-dealkylation sites (N-methyl/N-ethyl adjacent to an activating group) is 1. The summed E-state index contributed by atoms with van der Waals surface area (Å²) in [6, 6.07) is 10.9. The molecule has 0 unspecified atom stereocenters. The van der Waals surface area contributed by atoms with Gasteiger partial charge >= 0.3 is 0 Å². The number of aliphatic imine (C=N–C) groups is 1. The number of furan rings is 1. The minimum atomic E-state index is -0.0562. The van der Waals surface area contributed by atoms with Crippen LogP contribution in [0.15, 0.2) is 50.7 Å². The molecule has 0 spiro atoms. The van der Waals surface area contributed by atoms with Crippen molar-refractivity contribution >= 4 is 46.2 Å². The number of carbonyl (C=O) groups excluding carboxylic acids is 1. The number of carbonyl (C=O) groups is 1. The second kappa shape index (κ2) is 6.64. The summed E-state index contributed by atoms with van der Waals surface area (Å²) in [5, 5.41) is 1.32. The monoisotopic (exact) mass is 346 g/mol. The molecule has 3 rings (SSSR count). The van der Waals surface area contributed by atoms with Crippen LogP contribution in [0.25, 0.3) is 6.08 Å². The fourth-order valence-electron chi connectivity index (χ4n) is 2.16. The molecule has 4 nitrogen and oxygen atoms in total. The first-order valence-electron chi connectivity index (χ1n) is 7.19. The third kappa shape index (κ3) is 3.51. The van der Waals surface area contributed by atoms with Gasteiger partial charge in [-0.3, -0.25) is 9.69 Å². The third-order valence-corrected chi connectivity index (χ3v) is 4.55. The van der Waals surface area contributed by atoms with Gasteiger partial charge in [-0.15, -0.1) is 0 Å². The van der Waals surface area contributed by atoms with E-state index < -0.39 is 0 Å². The second-order valence-corrected chi connectivity index (χ2v) is 6.42. The van der Waals surface area contributed by atoms with Crippen LogP contribution >= 0.6 is 23.4 Å². The van der Waals surface area contributed by atoms with Gasteiger partial charge in [-0.1, -0.05) is 11.6 Å². The molecular formula is C17H15ClN2O2S. The molecule has 0 atom stereocenters. The van der Waals surface area contributed by atoms with Gasteiger partial charge in [0.15, 0.2) is 5.17 Å². The Hall–Kier alpha value is -1.98. The van der Waals surface area contributed by atoms with Gasteiger partial charge in [-0.2, -0.15) is 0 Å². The largest absolute Gasteiger partial charge is 0.462 e. The predicted molar refractivity (Wildman–Crippen MR) is 94.9 cm³/mol. The molecule has 1 amide bonds. The number of hydrogen-bond donors (Lipinski definition) is 0. The summed E-state index contributed by atoms with van der Waals surface area (Å²) in [5.74, 6) is 1.43. The third-order valence-electron chi connectivity index (χ3n) is 3.29. The van der Waals surface area contributed by atoms with Gasteiger partial charge in [0.25, 0.3) is 5.91 Å². The van der Waals surface area contributed by atoms with Crippen molar-refractivity contribution in [3.05, 3.63) is 57.8 Å². The van der Waals surface area contributed by atoms with E-state index in [4.69, 9.17) is 16.0 Å². The number of nitrogens with zero attached hydrogens (tertiary/aromatic N) is 2. The Kier molecular flexibility index (Phi) is 4.59. The number of aryl methyl sites for hydroxylation is 1. The molecule has 118 valence electrons. The van der Waals surface area contributed by atoms with Gasteiger partial charge < -0.3 is 4.42 Å². The van der Waals surface area contributed by atoms with E-state index in [1.807, 2.05) is 38.1 Å². The van der Waals surface area contributed by atoms with E-state index in [1.54, 1.807) is 23.1 Å². The van der Waals surface area contributed by atoms with Crippen molar-refractivity contribution < 1.29 is 9.21 Å². The van der Waals surface area contributed by atoms with Crippen molar-refractivity contribution in [3.63, 3.8) is 0 Å². The second-order valence-electron chi connectivity index (χ2n) is 4.98. The van der Waals surface area contributed by atoms with Crippen LogP contribution in [0.1, 0.15) is 18.4 Å². The molecule has 23 heavy (non-hydrogen) atoms. The molecule has 0 N–H and O–H groups in total. The molecule has 1 saturated heterocycles. The molecule has 0 saturated carbocycles. The van der Waals surface area contributed by atoms with Crippen LogP contribution in [-0.2, 0) is 4.79 Å². The maximum Gasteiger partial charge on any atom is 0.266 e. The number of benzene rings is 1. The van der Waals surface area contributed by atoms with Crippen LogP contribution in [0.2, 0.25) is 5.02 Å². The van der Waals surface area contributed by atoms with E-state index in [2.05, 4.69) is 4.99 Å². The van der Waals surface area contributed by atoms with Crippen LogP contribution in [0.3, 0.4) is 0 Å². The maximum absolute atomic E-state index is 12.5. The minimum Gasteiger partial charge on any atom is -0.462 e. The minimum absolute atomic E-state index is 0.0562. The van der Waals surface area contributed by atoms with Crippen molar-refractivity contribution in [1.82, 2.24) is 4.90 Å². The summed E-state index contributed by atoms with van der Waals surface area (Å²) in [4.78, 5) is 19.3. The number of halogens is 1. The number of rotatable bonds is 3. The lowest BCUT2D eigenvalue weighted by Gasteiger charge is -2.11. The zero-order chi connectivity index (χ0) is 16.4. The van der Waals surface area contributed by atoms with Crippen LogP contribution in [0, 0.1) is 6.92 Å². The van der Waals surface area contributed by atoms with Gasteiger partial charge in [0, 0.05) is 17.6 Å². The average Bonchev–Trinajstić information content (AvgIpc) is 3.06. The molecule has 1 aromatic heterocycles. The van der Waals surface area contributed by atoms with Crippen molar-refractivity contribution in [2.45, 2.75) is 13.8 Å². The van der Waals surface area contributed by atoms with E-state index in [1.165, 1.54) is 11.8 Å². The van der Waals surface area contributed by atoms with Crippen LogP contribution in [0.4, 0.5) is 5.69 Å². The quantitative estimate of drug-likeness (QED) is 0.745. The molecule has 1 aliphatic heterocycles. The van der Waals surface area contributed by atoms with Crippen molar-refractivity contribution in [3.8, 4) is 0 Å². The van der Waals surface area contributed by atoms with Gasteiger partial charge in [-0.05, 0) is 62.0 Å². The average molecular weight is 347 g/mol. The lowest BCUT2D eigenvalue weighted by molar-refractivity contribution is -0.122. The summed E-state index contributed by atoms with van der Waals surface area (Å²) < 4.78 is 5.51. The summed E-state index contributed by atoms with van der Waals surface area (Å²) in [6.07, 6.45) is 1.76. The van der Waals surface area contributed by atoms with Crippen LogP contribution in [-0.4, -0.2) is 22.5 Å². The molecule has 1 fully saturated rings. The van der Waals surface area contributed by atoms with Gasteiger partial charge in [0.2, 0.25) is 0 Å². The van der Waals surface area contributed by atoms with E-state index in [0.717, 1.165) is 11.4 Å². The number of hydrogen-bond acceptors (Lipinski definition) is 4. The van der Waals surface area contributed by atoms with Gasteiger partial charge in [0.05, 0.1) is 10.6 Å². The van der Waals surface area contributed by atoms with Gasteiger partial charge in [-0.25, -0.2) is 4.99 Å². The SMILES string of the molecule is CCN1C(=O)/C(=C\c2ccc(C)o2)SC1=Nc1ccc(Cl)cc1. The Labute approximate surface area is 143 Å². The van der Waals surface area contributed by atoms with Crippen molar-refractivity contribution in [2.75, 3.05) is 6.54 Å². The topological polar surface area (TPSA) is 45.8 Å². The zero-order valence-corrected chi connectivity index (χ0v) is 14.3. The number of amidine groups is 1. The van der Waals surface area contributed by atoms with E-state index in [9.17, 15) is 4.79 Å². The first-order chi connectivity index (χ1) is 11.1. The Morgan fingerprint density at radius 1 is 1.26 bits per heavy atom. The molecule has 0 bridgehead atoms. The Morgan fingerprint density at radius 2 is 2.00 bits per heavy atom. The molecule has 0 aliphatic carbocycles. The zero-order valence-electron chi connectivity index (χ0n) is 12.7. The number of thioether (sulfide) groups is 1. The lowest BCUT2D eigenvalue weighted by Crippen LogP contribution is -2.28. The lowest BCUT2D eigenvalue weighted by atomic mass is 10.3. The summed E-state index contributed by atoms with van der Waals surface area (Å²) in [7, 11) is 0. The molecule has 2 aromatic rings. The first kappa shape index (κ1) is 15.9. The molecule has 1 aromatic carbocycles. The maximum atomic E-state index is 12.5.